The molecule has 1 unspecified atom stereocenters. The maximum atomic E-state index is 12.3. The molecule has 2 heterocycles. The van der Waals surface area contributed by atoms with Crippen LogP contribution in [0.5, 0.6) is 0 Å². The van der Waals surface area contributed by atoms with Gasteiger partial charge in [-0.1, -0.05) is 12.8 Å². The lowest BCUT2D eigenvalue weighted by atomic mass is 10.0. The number of hydrogen-bond acceptors (Lipinski definition) is 4. The quantitative estimate of drug-likeness (QED) is 0.883. The Hall–Kier alpha value is -1.69. The molecular weight excluding hydrogens is 244 g/mol. The second-order valence-corrected chi connectivity index (χ2v) is 5.32. The van der Waals surface area contributed by atoms with Gasteiger partial charge in [0.1, 0.15) is 11.7 Å². The van der Waals surface area contributed by atoms with Crippen LogP contribution in [0.4, 0.5) is 0 Å². The van der Waals surface area contributed by atoms with Crippen LogP contribution in [0.2, 0.25) is 0 Å². The number of aryl methyl sites for hydroxylation is 1. The zero-order chi connectivity index (χ0) is 13.4. The Balaban J connectivity index is 1.88. The molecule has 0 radical (unpaired) electrons. The molecular formula is C13H18N4O2. The molecule has 1 fully saturated rings. The van der Waals surface area contributed by atoms with Gasteiger partial charge in [-0.25, -0.2) is 4.98 Å². The number of aliphatic hydroxyl groups is 1. The summed E-state index contributed by atoms with van der Waals surface area (Å²) in [6.45, 7) is 0.321. The zero-order valence-electron chi connectivity index (χ0n) is 11.0. The first-order chi connectivity index (χ1) is 9.16. The van der Waals surface area contributed by atoms with Crippen molar-refractivity contribution in [3.63, 3.8) is 0 Å². The Morgan fingerprint density at radius 3 is 2.95 bits per heavy atom. The van der Waals surface area contributed by atoms with Crippen LogP contribution in [-0.4, -0.2) is 30.5 Å². The molecule has 0 aliphatic heterocycles. The summed E-state index contributed by atoms with van der Waals surface area (Å²) in [5.74, 6) is 0.316. The smallest absolute Gasteiger partial charge is 0.264 e. The zero-order valence-corrected chi connectivity index (χ0v) is 11.0. The summed E-state index contributed by atoms with van der Waals surface area (Å²) in [6, 6.07) is 0. The molecule has 6 heteroatoms. The van der Waals surface area contributed by atoms with Crippen molar-refractivity contribution in [3.05, 3.63) is 22.9 Å². The van der Waals surface area contributed by atoms with Crippen LogP contribution in [-0.2, 0) is 13.6 Å². The maximum Gasteiger partial charge on any atom is 0.264 e. The molecule has 1 N–H and O–H groups in total. The minimum Gasteiger partial charge on any atom is -0.391 e. The van der Waals surface area contributed by atoms with Crippen molar-refractivity contribution in [2.24, 2.45) is 13.0 Å². The third kappa shape index (κ3) is 2.16. The Labute approximate surface area is 110 Å². The molecule has 1 atom stereocenters. The average molecular weight is 262 g/mol. The number of nitrogens with zero attached hydrogens (tertiary/aromatic N) is 4. The summed E-state index contributed by atoms with van der Waals surface area (Å²) in [4.78, 5) is 16.5. The highest BCUT2D eigenvalue weighted by Gasteiger charge is 2.24. The standard InChI is InChI=1S/C13H18N4O2/c1-16-12-10(6-15-16)13(19)17(8-14-12)7-11(18)9-4-2-3-5-9/h6,8-9,11,18H,2-5,7H2,1H3. The molecule has 0 aromatic carbocycles. The van der Waals surface area contributed by atoms with E-state index in [-0.39, 0.29) is 5.56 Å². The van der Waals surface area contributed by atoms with Crippen molar-refractivity contribution in [3.8, 4) is 0 Å². The molecule has 1 aliphatic rings. The number of aromatic nitrogens is 4. The van der Waals surface area contributed by atoms with Gasteiger partial charge in [-0.2, -0.15) is 5.10 Å². The van der Waals surface area contributed by atoms with Gasteiger partial charge >= 0.3 is 0 Å². The van der Waals surface area contributed by atoms with Crippen molar-refractivity contribution in [1.29, 1.82) is 0 Å². The molecule has 2 aromatic rings. The fraction of sp³-hybridized carbons (Fsp3) is 0.615. The third-order valence-electron chi connectivity index (χ3n) is 4.05. The van der Waals surface area contributed by atoms with Crippen LogP contribution >= 0.6 is 0 Å². The van der Waals surface area contributed by atoms with Crippen LogP contribution in [0.1, 0.15) is 25.7 Å². The second-order valence-electron chi connectivity index (χ2n) is 5.32. The highest BCUT2D eigenvalue weighted by Crippen LogP contribution is 2.28. The van der Waals surface area contributed by atoms with Gasteiger partial charge < -0.3 is 5.11 Å². The monoisotopic (exact) mass is 262 g/mol. The van der Waals surface area contributed by atoms with Crippen molar-refractivity contribution in [2.45, 2.75) is 38.3 Å². The molecule has 0 spiro atoms. The predicted molar refractivity (Wildman–Crippen MR) is 70.7 cm³/mol. The maximum absolute atomic E-state index is 12.3. The van der Waals surface area contributed by atoms with Gasteiger partial charge in [0.15, 0.2) is 5.65 Å². The summed E-state index contributed by atoms with van der Waals surface area (Å²) < 4.78 is 3.07. The van der Waals surface area contributed by atoms with E-state index in [0.29, 0.717) is 23.5 Å². The van der Waals surface area contributed by atoms with E-state index in [2.05, 4.69) is 10.1 Å². The topological polar surface area (TPSA) is 72.9 Å². The van der Waals surface area contributed by atoms with Gasteiger partial charge in [-0.3, -0.25) is 14.0 Å². The van der Waals surface area contributed by atoms with Crippen molar-refractivity contribution in [1.82, 2.24) is 19.3 Å². The van der Waals surface area contributed by atoms with Gasteiger partial charge in [0, 0.05) is 7.05 Å². The Bertz CT molecular complexity index is 640. The van der Waals surface area contributed by atoms with Gasteiger partial charge in [0.2, 0.25) is 0 Å². The highest BCUT2D eigenvalue weighted by molar-refractivity contribution is 5.72. The fourth-order valence-electron chi connectivity index (χ4n) is 2.89. The van der Waals surface area contributed by atoms with E-state index < -0.39 is 6.10 Å². The SMILES string of the molecule is Cn1ncc2c(=O)n(CC(O)C3CCCC3)cnc21. The van der Waals surface area contributed by atoms with Crippen LogP contribution < -0.4 is 5.56 Å². The minimum absolute atomic E-state index is 0.129. The lowest BCUT2D eigenvalue weighted by molar-refractivity contribution is 0.0919. The van der Waals surface area contributed by atoms with E-state index in [0.717, 1.165) is 12.8 Å². The average Bonchev–Trinajstić information content (AvgIpc) is 3.03. The third-order valence-corrected chi connectivity index (χ3v) is 4.05. The van der Waals surface area contributed by atoms with Crippen LogP contribution in [0.3, 0.4) is 0 Å². The second kappa shape index (κ2) is 4.77. The first-order valence-electron chi connectivity index (χ1n) is 6.72. The lowest BCUT2D eigenvalue weighted by Crippen LogP contribution is -2.30. The van der Waals surface area contributed by atoms with E-state index in [1.54, 1.807) is 11.7 Å². The van der Waals surface area contributed by atoms with E-state index in [4.69, 9.17) is 0 Å². The van der Waals surface area contributed by atoms with Gasteiger partial charge in [-0.05, 0) is 18.8 Å². The fourth-order valence-corrected chi connectivity index (χ4v) is 2.89. The first kappa shape index (κ1) is 12.3. The molecule has 2 aromatic heterocycles. The minimum atomic E-state index is -0.462. The van der Waals surface area contributed by atoms with Crippen LogP contribution in [0.25, 0.3) is 11.0 Å². The van der Waals surface area contributed by atoms with Gasteiger partial charge in [0.25, 0.3) is 5.56 Å². The van der Waals surface area contributed by atoms with E-state index in [1.807, 2.05) is 0 Å². The normalized spacial score (nSPS) is 18.2. The molecule has 19 heavy (non-hydrogen) atoms. The highest BCUT2D eigenvalue weighted by atomic mass is 16.3. The van der Waals surface area contributed by atoms with Gasteiger partial charge in [0.05, 0.1) is 18.8 Å². The van der Waals surface area contributed by atoms with Crippen molar-refractivity contribution < 1.29 is 5.11 Å². The molecule has 6 nitrogen and oxygen atoms in total. The largest absolute Gasteiger partial charge is 0.391 e. The van der Waals surface area contributed by atoms with Crippen LogP contribution in [0, 0.1) is 5.92 Å². The van der Waals surface area contributed by atoms with Gasteiger partial charge in [-0.15, -0.1) is 0 Å². The molecule has 102 valence electrons. The Morgan fingerprint density at radius 2 is 2.21 bits per heavy atom. The number of aliphatic hydroxyl groups excluding tert-OH is 1. The van der Waals surface area contributed by atoms with Crippen LogP contribution in [0.15, 0.2) is 17.3 Å². The molecule has 0 bridgehead atoms. The first-order valence-corrected chi connectivity index (χ1v) is 6.72. The summed E-state index contributed by atoms with van der Waals surface area (Å²) in [6.07, 6.45) is 7.04. The predicted octanol–water partition coefficient (Wildman–Crippen LogP) is 0.681. The Kier molecular flexibility index (Phi) is 3.10. The molecule has 0 saturated heterocycles. The summed E-state index contributed by atoms with van der Waals surface area (Å²) in [7, 11) is 1.76. The molecule has 1 saturated carbocycles. The lowest BCUT2D eigenvalue weighted by Gasteiger charge is -2.18. The van der Waals surface area contributed by atoms with E-state index in [9.17, 15) is 9.90 Å². The molecule has 1 aliphatic carbocycles. The van der Waals surface area contributed by atoms with E-state index in [1.165, 1.54) is 29.9 Å². The summed E-state index contributed by atoms with van der Waals surface area (Å²) in [5.41, 5.74) is 0.451. The Morgan fingerprint density at radius 1 is 1.47 bits per heavy atom. The molecule has 0 amide bonds. The number of rotatable bonds is 3. The number of hydrogen-bond donors (Lipinski definition) is 1. The number of fused-ring (bicyclic) bond motifs is 1. The summed E-state index contributed by atoms with van der Waals surface area (Å²) in [5, 5.41) is 14.7. The van der Waals surface area contributed by atoms with Crippen molar-refractivity contribution >= 4 is 11.0 Å². The summed E-state index contributed by atoms with van der Waals surface area (Å²) >= 11 is 0. The van der Waals surface area contributed by atoms with E-state index >= 15 is 0 Å². The molecule has 3 rings (SSSR count). The van der Waals surface area contributed by atoms with Crippen molar-refractivity contribution in [2.75, 3.05) is 0 Å².